The van der Waals surface area contributed by atoms with Gasteiger partial charge in [-0.2, -0.15) is 0 Å². The average molecular weight is 318 g/mol. The topological polar surface area (TPSA) is 59.5 Å². The van der Waals surface area contributed by atoms with Crippen molar-refractivity contribution in [2.45, 2.75) is 39.5 Å². The van der Waals surface area contributed by atoms with Crippen molar-refractivity contribution in [2.75, 3.05) is 20.2 Å². The monoisotopic (exact) mass is 318 g/mol. The summed E-state index contributed by atoms with van der Waals surface area (Å²) in [6.07, 6.45) is 6.60. The average Bonchev–Trinajstić information content (AvgIpc) is 2.59. The number of pyridine rings is 1. The van der Waals surface area contributed by atoms with E-state index in [2.05, 4.69) is 4.98 Å². The maximum absolute atomic E-state index is 12.5. The predicted octanol–water partition coefficient (Wildman–Crippen LogP) is 2.45. The number of rotatable bonds is 5. The maximum Gasteiger partial charge on any atom is 0.311 e. The Hall–Kier alpha value is -1.91. The highest BCUT2D eigenvalue weighted by Gasteiger charge is 2.40. The zero-order chi connectivity index (χ0) is 16.9. The van der Waals surface area contributed by atoms with Crippen molar-refractivity contribution in [1.82, 2.24) is 9.88 Å². The number of ether oxygens (including phenoxy) is 1. The molecule has 0 bridgehead atoms. The number of aromatic nitrogens is 1. The van der Waals surface area contributed by atoms with Crippen LogP contribution in [0.1, 0.15) is 38.7 Å². The standard InChI is InChI=1S/C18H26N2O3/c1-18(2,17(22)23-3)15-5-4-12-20(13-15)16(21)7-6-14-8-10-19-11-9-14/h8-11,15H,4-7,12-13H2,1-3H3/t15-/m1/s1. The molecule has 0 saturated carbocycles. The van der Waals surface area contributed by atoms with Crippen molar-refractivity contribution in [3.63, 3.8) is 0 Å². The van der Waals surface area contributed by atoms with E-state index in [1.165, 1.54) is 7.11 Å². The minimum Gasteiger partial charge on any atom is -0.469 e. The van der Waals surface area contributed by atoms with Crippen molar-refractivity contribution in [3.05, 3.63) is 30.1 Å². The normalized spacial score (nSPS) is 18.6. The van der Waals surface area contributed by atoms with Crippen LogP contribution < -0.4 is 0 Å². The number of hydrogen-bond acceptors (Lipinski definition) is 4. The Balaban J connectivity index is 1.92. The third-order valence-corrected chi connectivity index (χ3v) is 4.88. The summed E-state index contributed by atoms with van der Waals surface area (Å²) in [7, 11) is 1.42. The predicted molar refractivity (Wildman–Crippen MR) is 87.7 cm³/mol. The highest BCUT2D eigenvalue weighted by Crippen LogP contribution is 2.35. The highest BCUT2D eigenvalue weighted by atomic mass is 16.5. The number of nitrogens with zero attached hydrogens (tertiary/aromatic N) is 2. The lowest BCUT2D eigenvalue weighted by atomic mass is 9.74. The first kappa shape index (κ1) is 17.4. The Morgan fingerprint density at radius 1 is 1.35 bits per heavy atom. The fraction of sp³-hybridized carbons (Fsp3) is 0.611. The summed E-state index contributed by atoms with van der Waals surface area (Å²) in [6.45, 7) is 5.24. The van der Waals surface area contributed by atoms with E-state index in [1.54, 1.807) is 12.4 Å². The second-order valence-electron chi connectivity index (χ2n) is 6.75. The summed E-state index contributed by atoms with van der Waals surface area (Å²) >= 11 is 0. The van der Waals surface area contributed by atoms with E-state index < -0.39 is 5.41 Å². The van der Waals surface area contributed by atoms with Gasteiger partial charge in [0.05, 0.1) is 12.5 Å². The number of methoxy groups -OCH3 is 1. The summed E-state index contributed by atoms with van der Waals surface area (Å²) in [5.74, 6) is 0.106. The SMILES string of the molecule is COC(=O)C(C)(C)[C@@H]1CCCN(C(=O)CCc2ccncc2)C1. The molecule has 1 amide bonds. The molecule has 23 heavy (non-hydrogen) atoms. The van der Waals surface area contributed by atoms with Gasteiger partial charge in [0.25, 0.3) is 0 Å². The summed E-state index contributed by atoms with van der Waals surface area (Å²) < 4.78 is 4.92. The van der Waals surface area contributed by atoms with Crippen LogP contribution in [0.2, 0.25) is 0 Å². The molecule has 1 aliphatic heterocycles. The molecule has 0 unspecified atom stereocenters. The highest BCUT2D eigenvalue weighted by molar-refractivity contribution is 5.78. The molecular formula is C18H26N2O3. The molecule has 1 fully saturated rings. The first-order valence-electron chi connectivity index (χ1n) is 8.20. The lowest BCUT2D eigenvalue weighted by Gasteiger charge is -2.39. The molecule has 0 aliphatic carbocycles. The molecule has 0 radical (unpaired) electrons. The van der Waals surface area contributed by atoms with E-state index in [0.29, 0.717) is 13.0 Å². The zero-order valence-electron chi connectivity index (χ0n) is 14.2. The molecule has 1 atom stereocenters. The van der Waals surface area contributed by atoms with Gasteiger partial charge >= 0.3 is 5.97 Å². The van der Waals surface area contributed by atoms with Crippen molar-refractivity contribution in [3.8, 4) is 0 Å². The Labute approximate surface area is 138 Å². The van der Waals surface area contributed by atoms with Crippen molar-refractivity contribution < 1.29 is 14.3 Å². The van der Waals surface area contributed by atoms with E-state index in [9.17, 15) is 9.59 Å². The molecule has 0 spiro atoms. The Kier molecular flexibility index (Phi) is 5.74. The second-order valence-corrected chi connectivity index (χ2v) is 6.75. The van der Waals surface area contributed by atoms with Crippen LogP contribution >= 0.6 is 0 Å². The molecule has 5 heteroatoms. The van der Waals surface area contributed by atoms with Gasteiger partial charge in [-0.15, -0.1) is 0 Å². The van der Waals surface area contributed by atoms with E-state index >= 15 is 0 Å². The Morgan fingerprint density at radius 3 is 2.70 bits per heavy atom. The smallest absolute Gasteiger partial charge is 0.311 e. The van der Waals surface area contributed by atoms with Crippen LogP contribution in [0.15, 0.2) is 24.5 Å². The van der Waals surface area contributed by atoms with Crippen LogP contribution in [0, 0.1) is 11.3 Å². The summed E-state index contributed by atoms with van der Waals surface area (Å²) in [6, 6.07) is 3.87. The van der Waals surface area contributed by atoms with Crippen LogP contribution in [-0.2, 0) is 20.7 Å². The summed E-state index contributed by atoms with van der Waals surface area (Å²) in [5.41, 5.74) is 0.565. The van der Waals surface area contributed by atoms with Crippen LogP contribution in [0.25, 0.3) is 0 Å². The number of carbonyl (C=O) groups excluding carboxylic acids is 2. The lowest BCUT2D eigenvalue weighted by molar-refractivity contribution is -0.156. The molecule has 1 aliphatic rings. The van der Waals surface area contributed by atoms with Crippen molar-refractivity contribution >= 4 is 11.9 Å². The van der Waals surface area contributed by atoms with Crippen molar-refractivity contribution in [1.29, 1.82) is 0 Å². The zero-order valence-corrected chi connectivity index (χ0v) is 14.2. The third kappa shape index (κ3) is 4.30. The molecule has 126 valence electrons. The van der Waals surface area contributed by atoms with Gasteiger partial charge in [-0.3, -0.25) is 14.6 Å². The van der Waals surface area contributed by atoms with E-state index in [-0.39, 0.29) is 17.8 Å². The van der Waals surface area contributed by atoms with Gasteiger partial charge in [0.15, 0.2) is 0 Å². The van der Waals surface area contributed by atoms with Crippen molar-refractivity contribution in [2.24, 2.45) is 11.3 Å². The molecule has 1 aromatic heterocycles. The second kappa shape index (κ2) is 7.57. The number of aryl methyl sites for hydroxylation is 1. The molecule has 1 saturated heterocycles. The Morgan fingerprint density at radius 2 is 2.04 bits per heavy atom. The van der Waals surface area contributed by atoms with Gasteiger partial charge in [0, 0.05) is 31.9 Å². The van der Waals surface area contributed by atoms with Crippen LogP contribution in [-0.4, -0.2) is 42.0 Å². The largest absolute Gasteiger partial charge is 0.469 e. The number of piperidine rings is 1. The van der Waals surface area contributed by atoms with Gasteiger partial charge in [0.2, 0.25) is 5.91 Å². The van der Waals surface area contributed by atoms with Gasteiger partial charge in [-0.1, -0.05) is 0 Å². The first-order valence-corrected chi connectivity index (χ1v) is 8.20. The fourth-order valence-corrected chi connectivity index (χ4v) is 3.18. The number of amides is 1. The minimum absolute atomic E-state index is 0.147. The van der Waals surface area contributed by atoms with E-state index in [4.69, 9.17) is 4.74 Å². The maximum atomic E-state index is 12.5. The molecular weight excluding hydrogens is 292 g/mol. The molecule has 2 heterocycles. The van der Waals surface area contributed by atoms with Crippen LogP contribution in [0.5, 0.6) is 0 Å². The molecule has 0 aromatic carbocycles. The lowest BCUT2D eigenvalue weighted by Crippen LogP contribution is -2.47. The number of esters is 1. The Bertz CT molecular complexity index is 542. The minimum atomic E-state index is -0.557. The van der Waals surface area contributed by atoms with Gasteiger partial charge < -0.3 is 9.64 Å². The number of hydrogen-bond donors (Lipinski definition) is 0. The van der Waals surface area contributed by atoms with Gasteiger partial charge in [-0.05, 0) is 56.7 Å². The van der Waals surface area contributed by atoms with E-state index in [0.717, 1.165) is 31.4 Å². The fourth-order valence-electron chi connectivity index (χ4n) is 3.18. The molecule has 0 N–H and O–H groups in total. The first-order chi connectivity index (χ1) is 10.9. The number of carbonyl (C=O) groups is 2. The molecule has 5 nitrogen and oxygen atoms in total. The van der Waals surface area contributed by atoms with Gasteiger partial charge in [-0.25, -0.2) is 0 Å². The summed E-state index contributed by atoms with van der Waals surface area (Å²) in [5, 5.41) is 0. The summed E-state index contributed by atoms with van der Waals surface area (Å²) in [4.78, 5) is 30.4. The van der Waals surface area contributed by atoms with Gasteiger partial charge in [0.1, 0.15) is 0 Å². The van der Waals surface area contributed by atoms with Crippen LogP contribution in [0.4, 0.5) is 0 Å². The quantitative estimate of drug-likeness (QED) is 0.783. The molecule has 1 aromatic rings. The van der Waals surface area contributed by atoms with E-state index in [1.807, 2.05) is 30.9 Å². The van der Waals surface area contributed by atoms with Crippen LogP contribution in [0.3, 0.4) is 0 Å². The third-order valence-electron chi connectivity index (χ3n) is 4.88. The molecule has 2 rings (SSSR count). The number of likely N-dealkylation sites (tertiary alicyclic amines) is 1.